The van der Waals surface area contributed by atoms with Crippen LogP contribution in [0.3, 0.4) is 0 Å². The highest BCUT2D eigenvalue weighted by Crippen LogP contribution is 2.19. The van der Waals surface area contributed by atoms with E-state index in [0.29, 0.717) is 18.3 Å². The van der Waals surface area contributed by atoms with Crippen molar-refractivity contribution in [1.82, 2.24) is 16.0 Å². The molecule has 0 bridgehead atoms. The summed E-state index contributed by atoms with van der Waals surface area (Å²) in [5.74, 6) is 1.04. The molecule has 0 spiro atoms. The third kappa shape index (κ3) is 6.01. The molecule has 2 heterocycles. The van der Waals surface area contributed by atoms with Crippen LogP contribution in [-0.4, -0.2) is 51.1 Å². The second-order valence-electron chi connectivity index (χ2n) is 7.28. The molecule has 0 atom stereocenters. The lowest BCUT2D eigenvalue weighted by atomic mass is 10.0. The fourth-order valence-electron chi connectivity index (χ4n) is 3.49. The molecule has 1 aromatic carbocycles. The highest BCUT2D eigenvalue weighted by atomic mass is 16.3. The normalized spacial score (nSPS) is 15.2. The maximum absolute atomic E-state index is 12.0. The van der Waals surface area contributed by atoms with E-state index < -0.39 is 0 Å². The van der Waals surface area contributed by atoms with Crippen LogP contribution < -0.4 is 20.9 Å². The van der Waals surface area contributed by atoms with Gasteiger partial charge in [0.05, 0.1) is 6.26 Å². The Morgan fingerprint density at radius 3 is 2.52 bits per heavy atom. The lowest BCUT2D eigenvalue weighted by molar-refractivity contribution is 0.0925. The van der Waals surface area contributed by atoms with E-state index in [9.17, 15) is 4.79 Å². The number of nitrogens with one attached hydrogen (secondary N) is 3. The zero-order valence-electron chi connectivity index (χ0n) is 17.3. The van der Waals surface area contributed by atoms with Gasteiger partial charge >= 0.3 is 0 Å². The summed E-state index contributed by atoms with van der Waals surface area (Å²) < 4.78 is 5.20. The van der Waals surface area contributed by atoms with Crippen LogP contribution in [-0.2, 0) is 0 Å². The summed E-state index contributed by atoms with van der Waals surface area (Å²) in [5, 5.41) is 9.73. The molecule has 0 unspecified atom stereocenters. The minimum absolute atomic E-state index is 0.166. The molecule has 7 nitrogen and oxygen atoms in total. The average Bonchev–Trinajstić information content (AvgIpc) is 3.19. The third-order valence-corrected chi connectivity index (χ3v) is 5.18. The SMILES string of the molecule is CN=C(NCCCNC(=O)c1occc1C)NC1CCN(c2ccccc2)CC1. The van der Waals surface area contributed by atoms with Crippen LogP contribution in [0.2, 0.25) is 0 Å². The standard InChI is InChI=1S/C22H31N5O2/c1-17-11-16-29-20(17)21(28)24-12-6-13-25-22(23-2)26-18-9-14-27(15-10-18)19-7-4-3-5-8-19/h3-5,7-8,11,16,18H,6,9-10,12-15H2,1-2H3,(H,24,28)(H2,23,25,26). The highest BCUT2D eigenvalue weighted by molar-refractivity contribution is 5.92. The first kappa shape index (κ1) is 20.8. The van der Waals surface area contributed by atoms with Crippen LogP contribution in [0.5, 0.6) is 0 Å². The second-order valence-corrected chi connectivity index (χ2v) is 7.28. The fraction of sp³-hybridized carbons (Fsp3) is 0.455. The lowest BCUT2D eigenvalue weighted by Gasteiger charge is -2.34. The number of benzene rings is 1. The van der Waals surface area contributed by atoms with Gasteiger partial charge in [0.15, 0.2) is 11.7 Å². The number of hydrogen-bond acceptors (Lipinski definition) is 4. The van der Waals surface area contributed by atoms with Gasteiger partial charge in [0.2, 0.25) is 0 Å². The number of hydrogen-bond donors (Lipinski definition) is 3. The molecule has 1 fully saturated rings. The predicted octanol–water partition coefficient (Wildman–Crippen LogP) is 2.54. The van der Waals surface area contributed by atoms with E-state index in [1.165, 1.54) is 12.0 Å². The molecule has 2 aromatic rings. The molecule has 3 rings (SSSR count). The Morgan fingerprint density at radius 2 is 1.86 bits per heavy atom. The number of guanidine groups is 1. The van der Waals surface area contributed by atoms with Crippen LogP contribution in [0.25, 0.3) is 0 Å². The third-order valence-electron chi connectivity index (χ3n) is 5.18. The first-order valence-electron chi connectivity index (χ1n) is 10.3. The number of rotatable bonds is 7. The molecular formula is C22H31N5O2. The molecule has 1 amide bonds. The number of piperidine rings is 1. The number of carbonyl (C=O) groups is 1. The lowest BCUT2D eigenvalue weighted by Crippen LogP contribution is -2.49. The van der Waals surface area contributed by atoms with E-state index in [1.54, 1.807) is 13.1 Å². The molecule has 0 aliphatic carbocycles. The van der Waals surface area contributed by atoms with E-state index in [-0.39, 0.29) is 5.91 Å². The minimum Gasteiger partial charge on any atom is -0.459 e. The van der Waals surface area contributed by atoms with Gasteiger partial charge in [-0.15, -0.1) is 0 Å². The van der Waals surface area contributed by atoms with E-state index in [0.717, 1.165) is 50.4 Å². The molecule has 3 N–H and O–H groups in total. The summed E-state index contributed by atoms with van der Waals surface area (Å²) in [4.78, 5) is 18.8. The Morgan fingerprint density at radius 1 is 1.14 bits per heavy atom. The number of para-hydroxylation sites is 1. The van der Waals surface area contributed by atoms with Crippen LogP contribution in [0.4, 0.5) is 5.69 Å². The summed E-state index contributed by atoms with van der Waals surface area (Å²) in [6.45, 7) is 5.26. The van der Waals surface area contributed by atoms with Crippen LogP contribution in [0.15, 0.2) is 52.1 Å². The molecule has 1 aliphatic heterocycles. The zero-order valence-corrected chi connectivity index (χ0v) is 17.3. The summed E-state index contributed by atoms with van der Waals surface area (Å²) in [7, 11) is 1.79. The Hall–Kier alpha value is -2.96. The fourth-order valence-corrected chi connectivity index (χ4v) is 3.49. The average molecular weight is 398 g/mol. The quantitative estimate of drug-likeness (QED) is 0.380. The van der Waals surface area contributed by atoms with Crippen molar-refractivity contribution in [2.45, 2.75) is 32.2 Å². The Kier molecular flexibility index (Phi) is 7.55. The maximum atomic E-state index is 12.0. The molecule has 1 aliphatic rings. The van der Waals surface area contributed by atoms with Crippen molar-refractivity contribution in [3.63, 3.8) is 0 Å². The Labute approximate surface area is 172 Å². The Bertz CT molecular complexity index is 795. The van der Waals surface area contributed by atoms with Gasteiger partial charge in [-0.2, -0.15) is 0 Å². The van der Waals surface area contributed by atoms with Crippen molar-refractivity contribution in [3.05, 3.63) is 54.0 Å². The van der Waals surface area contributed by atoms with Gasteiger partial charge in [0.25, 0.3) is 5.91 Å². The van der Waals surface area contributed by atoms with Crippen molar-refractivity contribution >= 4 is 17.6 Å². The Balaban J connectivity index is 1.32. The molecular weight excluding hydrogens is 366 g/mol. The molecule has 1 aromatic heterocycles. The molecule has 0 saturated carbocycles. The second kappa shape index (κ2) is 10.5. The van der Waals surface area contributed by atoms with Crippen molar-refractivity contribution in [2.24, 2.45) is 4.99 Å². The first-order chi connectivity index (χ1) is 14.2. The zero-order chi connectivity index (χ0) is 20.5. The molecule has 0 radical (unpaired) electrons. The van der Waals surface area contributed by atoms with Crippen LogP contribution >= 0.6 is 0 Å². The van der Waals surface area contributed by atoms with Crippen molar-refractivity contribution in [1.29, 1.82) is 0 Å². The number of aliphatic imine (C=N–C) groups is 1. The van der Waals surface area contributed by atoms with Gasteiger partial charge in [-0.25, -0.2) is 0 Å². The number of aryl methyl sites for hydroxylation is 1. The molecule has 29 heavy (non-hydrogen) atoms. The highest BCUT2D eigenvalue weighted by Gasteiger charge is 2.20. The number of carbonyl (C=O) groups excluding carboxylic acids is 1. The predicted molar refractivity (Wildman–Crippen MR) is 117 cm³/mol. The number of anilines is 1. The number of furan rings is 1. The first-order valence-corrected chi connectivity index (χ1v) is 10.3. The summed E-state index contributed by atoms with van der Waals surface area (Å²) in [6, 6.07) is 12.8. The summed E-state index contributed by atoms with van der Waals surface area (Å²) in [5.41, 5.74) is 2.14. The number of nitrogens with zero attached hydrogens (tertiary/aromatic N) is 2. The largest absolute Gasteiger partial charge is 0.459 e. The van der Waals surface area contributed by atoms with Crippen molar-refractivity contribution < 1.29 is 9.21 Å². The van der Waals surface area contributed by atoms with Crippen molar-refractivity contribution in [3.8, 4) is 0 Å². The smallest absolute Gasteiger partial charge is 0.287 e. The van der Waals surface area contributed by atoms with Gasteiger partial charge in [-0.1, -0.05) is 18.2 Å². The van der Waals surface area contributed by atoms with Gasteiger partial charge in [0.1, 0.15) is 0 Å². The number of amides is 1. The topological polar surface area (TPSA) is 81.9 Å². The van der Waals surface area contributed by atoms with Crippen LogP contribution in [0, 0.1) is 6.92 Å². The summed E-state index contributed by atoms with van der Waals surface area (Å²) >= 11 is 0. The van der Waals surface area contributed by atoms with Gasteiger partial charge in [-0.05, 0) is 44.4 Å². The molecule has 1 saturated heterocycles. The monoisotopic (exact) mass is 397 g/mol. The van der Waals surface area contributed by atoms with E-state index in [1.807, 2.05) is 6.92 Å². The molecule has 7 heteroatoms. The van der Waals surface area contributed by atoms with Crippen LogP contribution in [0.1, 0.15) is 35.4 Å². The maximum Gasteiger partial charge on any atom is 0.287 e. The van der Waals surface area contributed by atoms with Crippen molar-refractivity contribution in [2.75, 3.05) is 38.1 Å². The van der Waals surface area contributed by atoms with Gasteiger partial charge in [0, 0.05) is 50.5 Å². The van der Waals surface area contributed by atoms with E-state index >= 15 is 0 Å². The molecule has 156 valence electrons. The minimum atomic E-state index is -0.166. The summed E-state index contributed by atoms with van der Waals surface area (Å²) in [6.07, 6.45) is 4.49. The van der Waals surface area contributed by atoms with E-state index in [4.69, 9.17) is 4.42 Å². The van der Waals surface area contributed by atoms with E-state index in [2.05, 4.69) is 56.2 Å². The van der Waals surface area contributed by atoms with Gasteiger partial charge < -0.3 is 25.3 Å². The van der Waals surface area contributed by atoms with Gasteiger partial charge in [-0.3, -0.25) is 9.79 Å².